The molecule has 0 aromatic heterocycles. The molecule has 3 aromatic rings. The molecule has 0 saturated heterocycles. The fourth-order valence-electron chi connectivity index (χ4n) is 2.15. The Morgan fingerprint density at radius 1 is 0.762 bits per heavy atom. The fraction of sp³-hybridized carbons (Fsp3) is 0.0526. The van der Waals surface area contributed by atoms with Gasteiger partial charge in [0.25, 0.3) is 0 Å². The highest BCUT2D eigenvalue weighted by molar-refractivity contribution is 5.67. The van der Waals surface area contributed by atoms with Gasteiger partial charge in [0.15, 0.2) is 5.75 Å². The lowest BCUT2D eigenvalue weighted by atomic mass is 10.2. The van der Waals surface area contributed by atoms with Crippen LogP contribution in [-0.2, 0) is 0 Å². The second kappa shape index (κ2) is 6.14. The molecular weight excluding hydrogens is 258 g/mol. The monoisotopic (exact) mass is 275 g/mol. The smallest absolute Gasteiger partial charge is 0.150 e. The van der Waals surface area contributed by atoms with E-state index in [0.717, 1.165) is 22.9 Å². The van der Waals surface area contributed by atoms with Crippen molar-refractivity contribution in [1.82, 2.24) is 0 Å². The summed E-state index contributed by atoms with van der Waals surface area (Å²) in [6.07, 6.45) is 0. The van der Waals surface area contributed by atoms with Crippen LogP contribution >= 0.6 is 0 Å². The summed E-state index contributed by atoms with van der Waals surface area (Å²) in [6.45, 7) is 2.08. The molecule has 1 N–H and O–H groups in total. The second-order valence-electron chi connectivity index (χ2n) is 4.91. The minimum atomic E-state index is 0.810. The Hall–Kier alpha value is -2.74. The van der Waals surface area contributed by atoms with Gasteiger partial charge in [-0.05, 0) is 48.9 Å². The zero-order valence-corrected chi connectivity index (χ0v) is 11.9. The number of benzene rings is 3. The lowest BCUT2D eigenvalue weighted by Gasteiger charge is -2.13. The molecule has 2 nitrogen and oxygen atoms in total. The molecule has 0 atom stereocenters. The topological polar surface area (TPSA) is 21.3 Å². The van der Waals surface area contributed by atoms with Crippen molar-refractivity contribution in [2.75, 3.05) is 5.32 Å². The minimum absolute atomic E-state index is 0.810. The molecule has 0 aliphatic rings. The molecule has 3 aromatic carbocycles. The predicted octanol–water partition coefficient (Wildman–Crippen LogP) is 5.53. The summed E-state index contributed by atoms with van der Waals surface area (Å²) in [7, 11) is 0. The zero-order valence-electron chi connectivity index (χ0n) is 11.9. The molecule has 0 aliphatic carbocycles. The van der Waals surface area contributed by atoms with Crippen molar-refractivity contribution < 1.29 is 4.74 Å². The molecule has 0 aliphatic heterocycles. The van der Waals surface area contributed by atoms with Crippen LogP contribution < -0.4 is 10.1 Å². The summed E-state index contributed by atoms with van der Waals surface area (Å²) in [5.74, 6) is 1.64. The average Bonchev–Trinajstić information content (AvgIpc) is 2.50. The standard InChI is InChI=1S/C19H17NO/c1-15-8-7-9-16(14-15)20-18-12-5-6-13-19(18)21-17-10-3-2-4-11-17/h2-14,20H,1H3. The molecule has 21 heavy (non-hydrogen) atoms. The van der Waals surface area contributed by atoms with Crippen molar-refractivity contribution in [1.29, 1.82) is 0 Å². The average molecular weight is 275 g/mol. The van der Waals surface area contributed by atoms with Crippen LogP contribution in [0.15, 0.2) is 78.9 Å². The van der Waals surface area contributed by atoms with Crippen molar-refractivity contribution in [2.45, 2.75) is 6.92 Å². The molecule has 0 saturated carbocycles. The van der Waals surface area contributed by atoms with Crippen molar-refractivity contribution >= 4 is 11.4 Å². The minimum Gasteiger partial charge on any atom is -0.455 e. The van der Waals surface area contributed by atoms with Crippen molar-refractivity contribution in [2.24, 2.45) is 0 Å². The van der Waals surface area contributed by atoms with E-state index in [-0.39, 0.29) is 0 Å². The third-order valence-electron chi connectivity index (χ3n) is 3.16. The van der Waals surface area contributed by atoms with Gasteiger partial charge in [0.05, 0.1) is 5.69 Å². The van der Waals surface area contributed by atoms with Crippen LogP contribution in [0.3, 0.4) is 0 Å². The van der Waals surface area contributed by atoms with Gasteiger partial charge in [-0.3, -0.25) is 0 Å². The first-order valence-electron chi connectivity index (χ1n) is 6.97. The first-order valence-corrected chi connectivity index (χ1v) is 6.97. The molecule has 0 heterocycles. The molecule has 0 spiro atoms. The molecule has 104 valence electrons. The normalized spacial score (nSPS) is 10.1. The Kier molecular flexibility index (Phi) is 3.88. The van der Waals surface area contributed by atoms with Crippen molar-refractivity contribution in [3.8, 4) is 11.5 Å². The summed E-state index contributed by atoms with van der Waals surface area (Å²) in [5.41, 5.74) is 3.23. The quantitative estimate of drug-likeness (QED) is 0.675. The third kappa shape index (κ3) is 3.42. The Balaban J connectivity index is 1.86. The molecule has 3 rings (SSSR count). The molecular formula is C19H17NO. The van der Waals surface area contributed by atoms with E-state index in [1.165, 1.54) is 5.56 Å². The highest BCUT2D eigenvalue weighted by atomic mass is 16.5. The molecule has 0 bridgehead atoms. The highest BCUT2D eigenvalue weighted by Crippen LogP contribution is 2.31. The van der Waals surface area contributed by atoms with E-state index in [2.05, 4.69) is 24.4 Å². The maximum absolute atomic E-state index is 5.95. The summed E-state index contributed by atoms with van der Waals surface area (Å²) in [6, 6.07) is 26.0. The zero-order chi connectivity index (χ0) is 14.5. The van der Waals surface area contributed by atoms with Gasteiger partial charge in [0.1, 0.15) is 5.75 Å². The molecule has 2 heteroatoms. The number of hydrogen-bond acceptors (Lipinski definition) is 2. The van der Waals surface area contributed by atoms with Crippen LogP contribution in [0.2, 0.25) is 0 Å². The lowest BCUT2D eigenvalue weighted by molar-refractivity contribution is 0.485. The molecule has 0 radical (unpaired) electrons. The van der Waals surface area contributed by atoms with Crippen LogP contribution in [0, 0.1) is 6.92 Å². The third-order valence-corrected chi connectivity index (χ3v) is 3.16. The first kappa shape index (κ1) is 13.3. The van der Waals surface area contributed by atoms with E-state index in [9.17, 15) is 0 Å². The largest absolute Gasteiger partial charge is 0.455 e. The van der Waals surface area contributed by atoms with Gasteiger partial charge in [-0.25, -0.2) is 0 Å². The molecule has 0 amide bonds. The molecule has 0 fully saturated rings. The Labute approximate surface area is 125 Å². The van der Waals surface area contributed by atoms with Crippen molar-refractivity contribution in [3.05, 3.63) is 84.4 Å². The Morgan fingerprint density at radius 3 is 2.33 bits per heavy atom. The van der Waals surface area contributed by atoms with Crippen LogP contribution in [0.1, 0.15) is 5.56 Å². The predicted molar refractivity (Wildman–Crippen MR) is 87.4 cm³/mol. The SMILES string of the molecule is Cc1cccc(Nc2ccccc2Oc2ccccc2)c1. The Bertz CT molecular complexity index is 722. The number of hydrogen-bond donors (Lipinski definition) is 1. The summed E-state index contributed by atoms with van der Waals surface area (Å²) < 4.78 is 5.95. The summed E-state index contributed by atoms with van der Waals surface area (Å²) in [4.78, 5) is 0. The number of para-hydroxylation sites is 3. The van der Waals surface area contributed by atoms with Crippen LogP contribution in [0.4, 0.5) is 11.4 Å². The van der Waals surface area contributed by atoms with Gasteiger partial charge in [-0.2, -0.15) is 0 Å². The highest BCUT2D eigenvalue weighted by Gasteiger charge is 2.04. The van der Waals surface area contributed by atoms with Gasteiger partial charge in [0, 0.05) is 5.69 Å². The second-order valence-corrected chi connectivity index (χ2v) is 4.91. The van der Waals surface area contributed by atoms with Crippen molar-refractivity contribution in [3.63, 3.8) is 0 Å². The van der Waals surface area contributed by atoms with Gasteiger partial charge >= 0.3 is 0 Å². The molecule has 0 unspecified atom stereocenters. The first-order chi connectivity index (χ1) is 10.3. The van der Waals surface area contributed by atoms with E-state index < -0.39 is 0 Å². The van der Waals surface area contributed by atoms with E-state index in [4.69, 9.17) is 4.74 Å². The van der Waals surface area contributed by atoms with Gasteiger partial charge in [-0.15, -0.1) is 0 Å². The fourth-order valence-corrected chi connectivity index (χ4v) is 2.15. The van der Waals surface area contributed by atoms with E-state index in [0.29, 0.717) is 0 Å². The van der Waals surface area contributed by atoms with Crippen LogP contribution in [0.25, 0.3) is 0 Å². The maximum atomic E-state index is 5.95. The number of aryl methyl sites for hydroxylation is 1. The Morgan fingerprint density at radius 2 is 1.52 bits per heavy atom. The summed E-state index contributed by atoms with van der Waals surface area (Å²) in [5, 5.41) is 3.41. The number of anilines is 2. The van der Waals surface area contributed by atoms with Crippen LogP contribution in [0.5, 0.6) is 11.5 Å². The number of rotatable bonds is 4. The maximum Gasteiger partial charge on any atom is 0.150 e. The van der Waals surface area contributed by atoms with Gasteiger partial charge < -0.3 is 10.1 Å². The van der Waals surface area contributed by atoms with E-state index in [1.807, 2.05) is 66.7 Å². The number of nitrogens with one attached hydrogen (secondary N) is 1. The van der Waals surface area contributed by atoms with E-state index >= 15 is 0 Å². The van der Waals surface area contributed by atoms with E-state index in [1.54, 1.807) is 0 Å². The number of ether oxygens (including phenoxy) is 1. The summed E-state index contributed by atoms with van der Waals surface area (Å²) >= 11 is 0. The van der Waals surface area contributed by atoms with Gasteiger partial charge in [0.2, 0.25) is 0 Å². The van der Waals surface area contributed by atoms with Crippen LogP contribution in [-0.4, -0.2) is 0 Å². The van der Waals surface area contributed by atoms with Gasteiger partial charge in [-0.1, -0.05) is 42.5 Å². The lowest BCUT2D eigenvalue weighted by Crippen LogP contribution is -1.94.